The van der Waals surface area contributed by atoms with Gasteiger partial charge in [-0.25, -0.2) is 0 Å². The molecule has 0 aliphatic carbocycles. The third-order valence-electron chi connectivity index (χ3n) is 3.67. The number of aromatic nitrogens is 2. The molecule has 1 aliphatic rings. The Morgan fingerprint density at radius 2 is 2.28 bits per heavy atom. The first-order valence-corrected chi connectivity index (χ1v) is 6.73. The van der Waals surface area contributed by atoms with Crippen LogP contribution >= 0.6 is 0 Å². The van der Waals surface area contributed by atoms with Gasteiger partial charge in [0.1, 0.15) is 0 Å². The quantitative estimate of drug-likeness (QED) is 0.870. The van der Waals surface area contributed by atoms with Crippen molar-refractivity contribution < 1.29 is 4.79 Å². The molecule has 0 bridgehead atoms. The number of anilines is 1. The summed E-state index contributed by atoms with van der Waals surface area (Å²) in [6, 6.07) is 0.335. The number of carbonyl (C=O) groups is 1. The Labute approximate surface area is 108 Å². The molecule has 1 amide bonds. The Kier molecular flexibility index (Phi) is 3.89. The van der Waals surface area contributed by atoms with Crippen LogP contribution in [0.4, 0.5) is 5.69 Å². The van der Waals surface area contributed by atoms with Gasteiger partial charge in [-0.15, -0.1) is 0 Å². The lowest BCUT2D eigenvalue weighted by atomic mass is 10.1. The Balaban J connectivity index is 2.22. The van der Waals surface area contributed by atoms with E-state index < -0.39 is 0 Å². The number of likely N-dealkylation sites (tertiary alicyclic amines) is 1. The van der Waals surface area contributed by atoms with Crippen LogP contribution in [0.5, 0.6) is 0 Å². The fraction of sp³-hybridized carbons (Fsp3) is 0.692. The summed E-state index contributed by atoms with van der Waals surface area (Å²) in [5.74, 6) is -0.0122. The summed E-state index contributed by atoms with van der Waals surface area (Å²) in [5, 5.41) is 4.19. The van der Waals surface area contributed by atoms with Gasteiger partial charge in [-0.2, -0.15) is 5.10 Å². The molecule has 1 saturated heterocycles. The van der Waals surface area contributed by atoms with Crippen molar-refractivity contribution in [1.29, 1.82) is 0 Å². The van der Waals surface area contributed by atoms with Crippen LogP contribution in [0.15, 0.2) is 6.20 Å². The van der Waals surface area contributed by atoms with Crippen molar-refractivity contribution in [2.75, 3.05) is 12.3 Å². The summed E-state index contributed by atoms with van der Waals surface area (Å²) in [4.78, 5) is 14.5. The number of amides is 1. The average Bonchev–Trinajstić information content (AvgIpc) is 2.56. The average molecular weight is 250 g/mol. The number of nitrogens with two attached hydrogens (primary N) is 1. The molecule has 0 aromatic carbocycles. The van der Waals surface area contributed by atoms with Crippen LogP contribution in [0.3, 0.4) is 0 Å². The van der Waals surface area contributed by atoms with E-state index in [0.29, 0.717) is 17.4 Å². The zero-order valence-corrected chi connectivity index (χ0v) is 11.2. The number of rotatable bonds is 2. The van der Waals surface area contributed by atoms with Crippen LogP contribution in [0.25, 0.3) is 0 Å². The first-order chi connectivity index (χ1) is 8.63. The minimum Gasteiger partial charge on any atom is -0.396 e. The maximum atomic E-state index is 12.5. The van der Waals surface area contributed by atoms with Gasteiger partial charge in [0.15, 0.2) is 5.69 Å². The molecule has 2 N–H and O–H groups in total. The van der Waals surface area contributed by atoms with Crippen molar-refractivity contribution in [3.63, 3.8) is 0 Å². The lowest BCUT2D eigenvalue weighted by molar-refractivity contribution is 0.0672. The second-order valence-corrected chi connectivity index (χ2v) is 5.02. The lowest BCUT2D eigenvalue weighted by Crippen LogP contribution is -2.40. The van der Waals surface area contributed by atoms with Gasteiger partial charge in [-0.05, 0) is 19.3 Å². The Bertz CT molecular complexity index is 427. The van der Waals surface area contributed by atoms with E-state index in [1.54, 1.807) is 17.9 Å². The van der Waals surface area contributed by atoms with E-state index in [9.17, 15) is 4.79 Å². The van der Waals surface area contributed by atoms with Crippen molar-refractivity contribution in [3.8, 4) is 0 Å². The second kappa shape index (κ2) is 5.42. The second-order valence-electron chi connectivity index (χ2n) is 5.02. The third-order valence-corrected chi connectivity index (χ3v) is 3.67. The van der Waals surface area contributed by atoms with E-state index in [1.165, 1.54) is 12.8 Å². The molecule has 1 fully saturated rings. The number of carbonyl (C=O) groups excluding carboxylic acids is 1. The molecule has 2 rings (SSSR count). The highest BCUT2D eigenvalue weighted by Crippen LogP contribution is 2.22. The molecule has 18 heavy (non-hydrogen) atoms. The normalized spacial score (nSPS) is 20.8. The lowest BCUT2D eigenvalue weighted by Gasteiger charge is -2.28. The predicted molar refractivity (Wildman–Crippen MR) is 71.2 cm³/mol. The van der Waals surface area contributed by atoms with Crippen LogP contribution in [0.1, 0.15) is 49.5 Å². The van der Waals surface area contributed by atoms with Gasteiger partial charge in [0.25, 0.3) is 5.91 Å². The monoisotopic (exact) mass is 250 g/mol. The number of nitrogens with zero attached hydrogens (tertiary/aromatic N) is 3. The summed E-state index contributed by atoms with van der Waals surface area (Å²) in [7, 11) is 1.78. The maximum Gasteiger partial charge on any atom is 0.276 e. The molecular weight excluding hydrogens is 228 g/mol. The molecule has 5 nitrogen and oxygen atoms in total. The summed E-state index contributed by atoms with van der Waals surface area (Å²) >= 11 is 0. The van der Waals surface area contributed by atoms with Gasteiger partial charge in [0, 0.05) is 25.8 Å². The van der Waals surface area contributed by atoms with Gasteiger partial charge in [-0.1, -0.05) is 19.8 Å². The van der Waals surface area contributed by atoms with Crippen LogP contribution < -0.4 is 5.73 Å². The molecule has 5 heteroatoms. The van der Waals surface area contributed by atoms with Crippen LogP contribution in [-0.2, 0) is 7.05 Å². The van der Waals surface area contributed by atoms with E-state index in [0.717, 1.165) is 25.8 Å². The van der Waals surface area contributed by atoms with E-state index in [1.807, 2.05) is 4.90 Å². The fourth-order valence-corrected chi connectivity index (χ4v) is 2.68. The number of hydrogen-bond donors (Lipinski definition) is 1. The fourth-order valence-electron chi connectivity index (χ4n) is 2.68. The standard InChI is InChI=1S/C13H22N4O/c1-3-10-7-5-4-6-8-17(10)13(18)12-11(14)9-16(2)15-12/h9-10H,3-8,14H2,1-2H3. The molecule has 1 aromatic rings. The third kappa shape index (κ3) is 2.49. The largest absolute Gasteiger partial charge is 0.396 e. The highest BCUT2D eigenvalue weighted by molar-refractivity contribution is 5.97. The van der Waals surface area contributed by atoms with Crippen LogP contribution in [-0.4, -0.2) is 33.2 Å². The zero-order valence-electron chi connectivity index (χ0n) is 11.2. The summed E-state index contributed by atoms with van der Waals surface area (Å²) < 4.78 is 1.60. The Morgan fingerprint density at radius 1 is 1.50 bits per heavy atom. The highest BCUT2D eigenvalue weighted by atomic mass is 16.2. The molecule has 0 spiro atoms. The van der Waals surface area contributed by atoms with E-state index >= 15 is 0 Å². The predicted octanol–water partition coefficient (Wildman–Crippen LogP) is 1.80. The van der Waals surface area contributed by atoms with Crippen LogP contribution in [0.2, 0.25) is 0 Å². The maximum absolute atomic E-state index is 12.5. The van der Waals surface area contributed by atoms with Gasteiger partial charge < -0.3 is 10.6 Å². The molecule has 2 heterocycles. The molecule has 1 unspecified atom stereocenters. The number of nitrogen functional groups attached to an aromatic ring is 1. The van der Waals surface area contributed by atoms with Gasteiger partial charge in [0.2, 0.25) is 0 Å². The molecular formula is C13H22N4O. The molecule has 1 aromatic heterocycles. The first kappa shape index (κ1) is 12.9. The van der Waals surface area contributed by atoms with Crippen molar-refractivity contribution >= 4 is 11.6 Å². The van der Waals surface area contributed by atoms with Gasteiger partial charge in [0.05, 0.1) is 5.69 Å². The van der Waals surface area contributed by atoms with Crippen molar-refractivity contribution in [3.05, 3.63) is 11.9 Å². The molecule has 0 saturated carbocycles. The molecule has 0 radical (unpaired) electrons. The van der Waals surface area contributed by atoms with Gasteiger partial charge >= 0.3 is 0 Å². The van der Waals surface area contributed by atoms with Crippen LogP contribution in [0, 0.1) is 0 Å². The number of hydrogen-bond acceptors (Lipinski definition) is 3. The Morgan fingerprint density at radius 3 is 2.89 bits per heavy atom. The smallest absolute Gasteiger partial charge is 0.276 e. The highest BCUT2D eigenvalue weighted by Gasteiger charge is 2.27. The van der Waals surface area contributed by atoms with Crippen molar-refractivity contribution in [2.45, 2.75) is 45.1 Å². The summed E-state index contributed by atoms with van der Waals surface area (Å²) in [6.45, 7) is 2.96. The zero-order chi connectivity index (χ0) is 13.1. The SMILES string of the molecule is CCC1CCCCCN1C(=O)c1nn(C)cc1N. The minimum atomic E-state index is -0.0122. The minimum absolute atomic E-state index is 0.0122. The summed E-state index contributed by atoms with van der Waals surface area (Å²) in [6.07, 6.45) is 7.27. The number of aryl methyl sites for hydroxylation is 1. The Hall–Kier alpha value is -1.52. The summed E-state index contributed by atoms with van der Waals surface area (Å²) in [5.41, 5.74) is 6.72. The van der Waals surface area contributed by atoms with E-state index in [-0.39, 0.29) is 5.91 Å². The van der Waals surface area contributed by atoms with E-state index in [2.05, 4.69) is 12.0 Å². The van der Waals surface area contributed by atoms with Crippen molar-refractivity contribution in [2.24, 2.45) is 7.05 Å². The topological polar surface area (TPSA) is 64.2 Å². The van der Waals surface area contributed by atoms with Crippen molar-refractivity contribution in [1.82, 2.24) is 14.7 Å². The van der Waals surface area contributed by atoms with Gasteiger partial charge in [-0.3, -0.25) is 9.48 Å². The molecule has 1 atom stereocenters. The first-order valence-electron chi connectivity index (χ1n) is 6.73. The molecule has 100 valence electrons. The van der Waals surface area contributed by atoms with E-state index in [4.69, 9.17) is 5.73 Å². The molecule has 1 aliphatic heterocycles.